The van der Waals surface area contributed by atoms with Crippen molar-refractivity contribution < 1.29 is 0 Å². The summed E-state index contributed by atoms with van der Waals surface area (Å²) in [5.41, 5.74) is 8.54. The minimum absolute atomic E-state index is 0.520. The Balaban J connectivity index is 2.59. The predicted molar refractivity (Wildman–Crippen MR) is 63.8 cm³/mol. The second-order valence-electron chi connectivity index (χ2n) is 3.36. The molecule has 0 aliphatic rings. The third kappa shape index (κ3) is 1.95. The zero-order valence-electron chi connectivity index (χ0n) is 8.37. The first-order valence-electron chi connectivity index (χ1n) is 4.66. The summed E-state index contributed by atoms with van der Waals surface area (Å²) >= 11 is 6.04. The lowest BCUT2D eigenvalue weighted by Crippen LogP contribution is -1.93. The molecule has 3 heteroatoms. The van der Waals surface area contributed by atoms with Crippen molar-refractivity contribution in [2.45, 2.75) is 6.92 Å². The quantitative estimate of drug-likeness (QED) is 0.798. The van der Waals surface area contributed by atoms with Crippen molar-refractivity contribution in [1.29, 1.82) is 0 Å². The van der Waals surface area contributed by atoms with Gasteiger partial charge in [0.1, 0.15) is 5.82 Å². The average Bonchev–Trinajstić information content (AvgIpc) is 2.22. The molecule has 1 heterocycles. The molecule has 0 bridgehead atoms. The third-order valence-electron chi connectivity index (χ3n) is 2.31. The topological polar surface area (TPSA) is 38.9 Å². The Kier molecular flexibility index (Phi) is 2.60. The first-order valence-corrected chi connectivity index (χ1v) is 5.04. The molecule has 0 unspecified atom stereocenters. The highest BCUT2D eigenvalue weighted by molar-refractivity contribution is 6.31. The number of aromatic nitrogens is 1. The molecule has 0 aliphatic carbocycles. The molecule has 1 aromatic carbocycles. The van der Waals surface area contributed by atoms with E-state index in [2.05, 4.69) is 4.98 Å². The van der Waals surface area contributed by atoms with Gasteiger partial charge in [-0.25, -0.2) is 4.98 Å². The zero-order valence-corrected chi connectivity index (χ0v) is 9.12. The summed E-state index contributed by atoms with van der Waals surface area (Å²) in [6.07, 6.45) is 0. The Labute approximate surface area is 93.7 Å². The SMILES string of the molecule is Cc1c(Cl)cccc1-c1cccc(N)n1. The number of nitrogens with two attached hydrogens (primary N) is 1. The maximum absolute atomic E-state index is 6.04. The fourth-order valence-electron chi connectivity index (χ4n) is 1.49. The molecule has 2 N–H and O–H groups in total. The molecule has 0 aliphatic heterocycles. The van der Waals surface area contributed by atoms with Crippen LogP contribution in [0.3, 0.4) is 0 Å². The van der Waals surface area contributed by atoms with Crippen LogP contribution in [-0.2, 0) is 0 Å². The molecule has 2 nitrogen and oxygen atoms in total. The Hall–Kier alpha value is -1.54. The molecule has 76 valence electrons. The lowest BCUT2D eigenvalue weighted by Gasteiger charge is -2.06. The van der Waals surface area contributed by atoms with Crippen LogP contribution in [0.5, 0.6) is 0 Å². The second kappa shape index (κ2) is 3.91. The largest absolute Gasteiger partial charge is 0.384 e. The first kappa shape index (κ1) is 9.99. The van der Waals surface area contributed by atoms with Crippen LogP contribution in [0.25, 0.3) is 11.3 Å². The van der Waals surface area contributed by atoms with E-state index in [1.165, 1.54) is 0 Å². The van der Waals surface area contributed by atoms with E-state index in [1.54, 1.807) is 6.07 Å². The van der Waals surface area contributed by atoms with Crippen LogP contribution in [0.2, 0.25) is 5.02 Å². The van der Waals surface area contributed by atoms with E-state index < -0.39 is 0 Å². The third-order valence-corrected chi connectivity index (χ3v) is 2.72. The molecular weight excluding hydrogens is 208 g/mol. The molecule has 0 amide bonds. The lowest BCUT2D eigenvalue weighted by molar-refractivity contribution is 1.31. The number of halogens is 1. The highest BCUT2D eigenvalue weighted by Crippen LogP contribution is 2.27. The summed E-state index contributed by atoms with van der Waals surface area (Å²) in [4.78, 5) is 4.26. The lowest BCUT2D eigenvalue weighted by atomic mass is 10.1. The standard InChI is InChI=1S/C12H11ClN2/c1-8-9(4-2-5-10(8)13)11-6-3-7-12(14)15-11/h2-7H,1H3,(H2,14,15). The van der Waals surface area contributed by atoms with Crippen LogP contribution >= 0.6 is 11.6 Å². The molecule has 0 spiro atoms. The van der Waals surface area contributed by atoms with Gasteiger partial charge >= 0.3 is 0 Å². The van der Waals surface area contributed by atoms with Crippen molar-refractivity contribution in [3.8, 4) is 11.3 Å². The molecule has 0 saturated carbocycles. The predicted octanol–water partition coefficient (Wildman–Crippen LogP) is 3.29. The number of hydrogen-bond donors (Lipinski definition) is 1. The average molecular weight is 219 g/mol. The van der Waals surface area contributed by atoms with Gasteiger partial charge in [0.2, 0.25) is 0 Å². The first-order chi connectivity index (χ1) is 7.18. The summed E-state index contributed by atoms with van der Waals surface area (Å²) < 4.78 is 0. The molecule has 1 aromatic heterocycles. The maximum atomic E-state index is 6.04. The normalized spacial score (nSPS) is 10.3. The summed E-state index contributed by atoms with van der Waals surface area (Å²) in [5, 5.41) is 0.747. The van der Waals surface area contributed by atoms with Crippen molar-refractivity contribution in [1.82, 2.24) is 4.98 Å². The van der Waals surface area contributed by atoms with Crippen molar-refractivity contribution in [3.63, 3.8) is 0 Å². The van der Waals surface area contributed by atoms with E-state index in [9.17, 15) is 0 Å². The van der Waals surface area contributed by atoms with E-state index in [-0.39, 0.29) is 0 Å². The number of nitrogen functional groups attached to an aromatic ring is 1. The molecule has 2 aromatic rings. The van der Waals surface area contributed by atoms with Crippen molar-refractivity contribution in [2.24, 2.45) is 0 Å². The number of rotatable bonds is 1. The molecular formula is C12H11ClN2. The van der Waals surface area contributed by atoms with Crippen molar-refractivity contribution in [2.75, 3.05) is 5.73 Å². The highest BCUT2D eigenvalue weighted by atomic mass is 35.5. The smallest absolute Gasteiger partial charge is 0.124 e. The van der Waals surface area contributed by atoms with Crippen LogP contribution in [0.15, 0.2) is 36.4 Å². The van der Waals surface area contributed by atoms with Gasteiger partial charge in [0.05, 0.1) is 5.69 Å². The molecule has 15 heavy (non-hydrogen) atoms. The number of pyridine rings is 1. The van der Waals surface area contributed by atoms with E-state index in [0.717, 1.165) is 21.8 Å². The Morgan fingerprint density at radius 3 is 2.60 bits per heavy atom. The Bertz CT molecular complexity index is 495. The van der Waals surface area contributed by atoms with Crippen LogP contribution in [0.4, 0.5) is 5.82 Å². The van der Waals surface area contributed by atoms with Crippen LogP contribution < -0.4 is 5.73 Å². The summed E-state index contributed by atoms with van der Waals surface area (Å²) in [6.45, 7) is 1.97. The van der Waals surface area contributed by atoms with Gasteiger partial charge in [-0.15, -0.1) is 0 Å². The van der Waals surface area contributed by atoms with Gasteiger partial charge in [0, 0.05) is 10.6 Å². The summed E-state index contributed by atoms with van der Waals surface area (Å²) in [7, 11) is 0. The summed E-state index contributed by atoms with van der Waals surface area (Å²) in [6, 6.07) is 11.3. The van der Waals surface area contributed by atoms with Gasteiger partial charge in [-0.2, -0.15) is 0 Å². The van der Waals surface area contributed by atoms with Crippen molar-refractivity contribution in [3.05, 3.63) is 47.0 Å². The van der Waals surface area contributed by atoms with Gasteiger partial charge < -0.3 is 5.73 Å². The van der Waals surface area contributed by atoms with Gasteiger partial charge in [0.15, 0.2) is 0 Å². The van der Waals surface area contributed by atoms with Gasteiger partial charge in [-0.05, 0) is 30.7 Å². The van der Waals surface area contributed by atoms with Gasteiger partial charge in [-0.1, -0.05) is 29.8 Å². The fraction of sp³-hybridized carbons (Fsp3) is 0.0833. The van der Waals surface area contributed by atoms with Gasteiger partial charge in [0.25, 0.3) is 0 Å². The Morgan fingerprint density at radius 2 is 1.87 bits per heavy atom. The van der Waals surface area contributed by atoms with Crippen molar-refractivity contribution >= 4 is 17.4 Å². The van der Waals surface area contributed by atoms with Crippen LogP contribution in [0, 0.1) is 6.92 Å². The molecule has 0 fully saturated rings. The van der Waals surface area contributed by atoms with E-state index in [0.29, 0.717) is 5.82 Å². The fourth-order valence-corrected chi connectivity index (χ4v) is 1.66. The van der Waals surface area contributed by atoms with Crippen LogP contribution in [0.1, 0.15) is 5.56 Å². The van der Waals surface area contributed by atoms with Gasteiger partial charge in [-0.3, -0.25) is 0 Å². The monoisotopic (exact) mass is 218 g/mol. The molecule has 0 radical (unpaired) electrons. The number of nitrogens with zero attached hydrogens (tertiary/aromatic N) is 1. The second-order valence-corrected chi connectivity index (χ2v) is 3.77. The maximum Gasteiger partial charge on any atom is 0.124 e. The number of hydrogen-bond acceptors (Lipinski definition) is 2. The minimum atomic E-state index is 0.520. The van der Waals surface area contributed by atoms with Crippen LogP contribution in [-0.4, -0.2) is 4.98 Å². The summed E-state index contributed by atoms with van der Waals surface area (Å²) in [5.74, 6) is 0.520. The number of benzene rings is 1. The van der Waals surface area contributed by atoms with E-state index in [4.69, 9.17) is 17.3 Å². The number of anilines is 1. The molecule has 2 rings (SSSR count). The molecule has 0 atom stereocenters. The highest BCUT2D eigenvalue weighted by Gasteiger charge is 2.05. The van der Waals surface area contributed by atoms with E-state index >= 15 is 0 Å². The minimum Gasteiger partial charge on any atom is -0.384 e. The molecule has 0 saturated heterocycles. The zero-order chi connectivity index (χ0) is 10.8. The Morgan fingerprint density at radius 1 is 1.13 bits per heavy atom. The van der Waals surface area contributed by atoms with E-state index in [1.807, 2.05) is 37.3 Å².